The Labute approximate surface area is 160 Å². The summed E-state index contributed by atoms with van der Waals surface area (Å²) in [6.45, 7) is 6.32. The van der Waals surface area contributed by atoms with Gasteiger partial charge >= 0.3 is 0 Å². The number of aromatic hydroxyl groups is 1. The standard InChI is InChI=1S/C21H29NO3S/c1-4-8-17(22-16-9-6-7-10-18(16)23)21-19(24)12-15(13-20(21)25)11-14(3)26-5-2/h6-7,9-10,14-15,23-24H,4-5,8,11-13H2,1-3H3/t14-,15?/m0/s1. The van der Waals surface area contributed by atoms with E-state index in [4.69, 9.17) is 0 Å². The molecule has 2 atom stereocenters. The Morgan fingerprint density at radius 1 is 1.27 bits per heavy atom. The molecule has 142 valence electrons. The molecule has 0 fully saturated rings. The number of carbonyl (C=O) groups is 1. The fraction of sp³-hybridized carbons (Fsp3) is 0.524. The molecule has 4 nitrogen and oxygen atoms in total. The minimum absolute atomic E-state index is 0.0323. The number of ketones is 1. The van der Waals surface area contributed by atoms with Gasteiger partial charge in [-0.15, -0.1) is 0 Å². The first-order chi connectivity index (χ1) is 12.5. The number of hydrogen-bond donors (Lipinski definition) is 2. The van der Waals surface area contributed by atoms with Gasteiger partial charge in [-0.2, -0.15) is 11.8 Å². The van der Waals surface area contributed by atoms with Crippen LogP contribution in [0.3, 0.4) is 0 Å². The summed E-state index contributed by atoms with van der Waals surface area (Å²) in [5.41, 5.74) is 1.37. The molecule has 1 aliphatic rings. The van der Waals surface area contributed by atoms with Gasteiger partial charge in [0.15, 0.2) is 5.78 Å². The fourth-order valence-electron chi connectivity index (χ4n) is 3.47. The van der Waals surface area contributed by atoms with Crippen LogP contribution in [-0.4, -0.2) is 32.7 Å². The number of benzene rings is 1. The van der Waals surface area contributed by atoms with Gasteiger partial charge in [0.1, 0.15) is 17.2 Å². The molecule has 0 aromatic heterocycles. The van der Waals surface area contributed by atoms with E-state index in [0.29, 0.717) is 41.5 Å². The Bertz CT molecular complexity index is 696. The van der Waals surface area contributed by atoms with Gasteiger partial charge < -0.3 is 10.2 Å². The van der Waals surface area contributed by atoms with Crippen molar-refractivity contribution in [1.82, 2.24) is 0 Å². The Balaban J connectivity index is 2.28. The molecule has 0 amide bonds. The van der Waals surface area contributed by atoms with Gasteiger partial charge in [0.05, 0.1) is 11.3 Å². The van der Waals surface area contributed by atoms with E-state index in [1.807, 2.05) is 18.7 Å². The third-order valence-electron chi connectivity index (χ3n) is 4.55. The molecule has 0 saturated carbocycles. The number of thioether (sulfide) groups is 1. The number of Topliss-reactive ketones (excluding diaryl/α,β-unsaturated/α-hetero) is 1. The molecule has 26 heavy (non-hydrogen) atoms. The van der Waals surface area contributed by atoms with E-state index < -0.39 is 0 Å². The van der Waals surface area contributed by atoms with Crippen LogP contribution in [0.25, 0.3) is 0 Å². The number of aliphatic imine (C=N–C) groups is 1. The Kier molecular flexibility index (Phi) is 7.76. The van der Waals surface area contributed by atoms with Crippen LogP contribution in [0.15, 0.2) is 40.6 Å². The molecule has 0 heterocycles. The minimum atomic E-state index is -0.0323. The van der Waals surface area contributed by atoms with Gasteiger partial charge in [0.25, 0.3) is 0 Å². The second-order valence-corrected chi connectivity index (χ2v) is 8.53. The lowest BCUT2D eigenvalue weighted by Gasteiger charge is -2.26. The molecular formula is C21H29NO3S. The third-order valence-corrected chi connectivity index (χ3v) is 5.65. The third kappa shape index (κ3) is 5.37. The molecule has 2 N–H and O–H groups in total. The van der Waals surface area contributed by atoms with Crippen molar-refractivity contribution in [2.75, 3.05) is 5.75 Å². The summed E-state index contributed by atoms with van der Waals surface area (Å²) in [5, 5.41) is 21.1. The van der Waals surface area contributed by atoms with Gasteiger partial charge in [-0.05, 0) is 36.6 Å². The number of rotatable bonds is 8. The summed E-state index contributed by atoms with van der Waals surface area (Å²) in [4.78, 5) is 17.3. The van der Waals surface area contributed by atoms with E-state index in [1.54, 1.807) is 24.3 Å². The topological polar surface area (TPSA) is 69.9 Å². The summed E-state index contributed by atoms with van der Waals surface area (Å²) in [7, 11) is 0. The average Bonchev–Trinajstić information content (AvgIpc) is 2.56. The van der Waals surface area contributed by atoms with Crippen molar-refractivity contribution in [2.24, 2.45) is 10.9 Å². The lowest BCUT2D eigenvalue weighted by Crippen LogP contribution is -2.26. The molecule has 0 bridgehead atoms. The van der Waals surface area contributed by atoms with Crippen LogP contribution in [-0.2, 0) is 4.79 Å². The summed E-state index contributed by atoms with van der Waals surface area (Å²) in [6.07, 6.45) is 3.31. The Morgan fingerprint density at radius 2 is 2.00 bits per heavy atom. The summed E-state index contributed by atoms with van der Waals surface area (Å²) in [6, 6.07) is 6.81. The zero-order valence-electron chi connectivity index (χ0n) is 15.9. The number of phenolic OH excluding ortho intramolecular Hbond substituents is 1. The molecule has 0 saturated heterocycles. The maximum Gasteiger partial charge on any atom is 0.168 e. The number of aliphatic hydroxyl groups excluding tert-OH is 1. The van der Waals surface area contributed by atoms with Crippen molar-refractivity contribution >= 4 is 28.9 Å². The zero-order valence-corrected chi connectivity index (χ0v) is 16.7. The quantitative estimate of drug-likeness (QED) is 0.581. The van der Waals surface area contributed by atoms with E-state index in [9.17, 15) is 15.0 Å². The molecule has 1 aliphatic carbocycles. The molecule has 0 radical (unpaired) electrons. The normalized spacial score (nSPS) is 19.7. The number of aliphatic hydroxyl groups is 1. The number of allylic oxidation sites excluding steroid dienone is 2. The maximum absolute atomic E-state index is 12.8. The monoisotopic (exact) mass is 375 g/mol. The van der Waals surface area contributed by atoms with Crippen molar-refractivity contribution in [3.63, 3.8) is 0 Å². The van der Waals surface area contributed by atoms with Crippen molar-refractivity contribution in [3.8, 4) is 5.75 Å². The minimum Gasteiger partial charge on any atom is -0.511 e. The van der Waals surface area contributed by atoms with Gasteiger partial charge in [-0.25, -0.2) is 4.99 Å². The van der Waals surface area contributed by atoms with Crippen molar-refractivity contribution in [1.29, 1.82) is 0 Å². The predicted molar refractivity (Wildman–Crippen MR) is 110 cm³/mol. The Morgan fingerprint density at radius 3 is 2.62 bits per heavy atom. The van der Waals surface area contributed by atoms with Crippen LogP contribution in [0, 0.1) is 5.92 Å². The first-order valence-electron chi connectivity index (χ1n) is 9.39. The van der Waals surface area contributed by atoms with E-state index in [2.05, 4.69) is 18.8 Å². The molecular weight excluding hydrogens is 346 g/mol. The van der Waals surface area contributed by atoms with Crippen molar-refractivity contribution < 1.29 is 15.0 Å². The van der Waals surface area contributed by atoms with Gasteiger partial charge in [-0.3, -0.25) is 4.79 Å². The van der Waals surface area contributed by atoms with Gasteiger partial charge in [0, 0.05) is 18.1 Å². The highest BCUT2D eigenvalue weighted by atomic mass is 32.2. The van der Waals surface area contributed by atoms with Crippen LogP contribution in [0.2, 0.25) is 0 Å². The molecule has 1 aromatic rings. The van der Waals surface area contributed by atoms with E-state index in [0.717, 1.165) is 18.6 Å². The highest BCUT2D eigenvalue weighted by molar-refractivity contribution is 7.99. The van der Waals surface area contributed by atoms with Crippen molar-refractivity contribution in [2.45, 2.75) is 58.1 Å². The zero-order chi connectivity index (χ0) is 19.1. The number of carbonyl (C=O) groups excluding carboxylic acids is 1. The van der Waals surface area contributed by atoms with E-state index in [1.165, 1.54) is 0 Å². The molecule has 5 heteroatoms. The van der Waals surface area contributed by atoms with Crippen molar-refractivity contribution in [3.05, 3.63) is 35.6 Å². The van der Waals surface area contributed by atoms with Crippen LogP contribution in [0.1, 0.15) is 52.9 Å². The highest BCUT2D eigenvalue weighted by Gasteiger charge is 2.31. The van der Waals surface area contributed by atoms with Crippen LogP contribution in [0.5, 0.6) is 5.75 Å². The van der Waals surface area contributed by atoms with Gasteiger partial charge in [-0.1, -0.05) is 39.3 Å². The lowest BCUT2D eigenvalue weighted by atomic mass is 9.82. The maximum atomic E-state index is 12.8. The largest absolute Gasteiger partial charge is 0.511 e. The van der Waals surface area contributed by atoms with E-state index in [-0.39, 0.29) is 23.2 Å². The molecule has 0 spiro atoms. The highest BCUT2D eigenvalue weighted by Crippen LogP contribution is 2.34. The van der Waals surface area contributed by atoms with Crippen LogP contribution < -0.4 is 0 Å². The fourth-order valence-corrected chi connectivity index (χ4v) is 4.44. The summed E-state index contributed by atoms with van der Waals surface area (Å²) < 4.78 is 0. The number of nitrogens with zero attached hydrogens (tertiary/aromatic N) is 1. The van der Waals surface area contributed by atoms with Crippen LogP contribution >= 0.6 is 11.8 Å². The second-order valence-electron chi connectivity index (χ2n) is 6.82. The molecule has 2 rings (SSSR count). The number of hydrogen-bond acceptors (Lipinski definition) is 5. The lowest BCUT2D eigenvalue weighted by molar-refractivity contribution is -0.116. The smallest absolute Gasteiger partial charge is 0.168 e. The SMILES string of the molecule is CCCC(=Nc1ccccc1O)C1=C(O)CC(C[C@H](C)SCC)CC1=O. The average molecular weight is 376 g/mol. The Hall–Kier alpha value is -1.75. The first-order valence-corrected chi connectivity index (χ1v) is 10.4. The molecule has 1 unspecified atom stereocenters. The predicted octanol–water partition coefficient (Wildman–Crippen LogP) is 5.59. The van der Waals surface area contributed by atoms with E-state index >= 15 is 0 Å². The number of para-hydroxylation sites is 2. The second kappa shape index (κ2) is 9.81. The first kappa shape index (κ1) is 20.6. The molecule has 1 aromatic carbocycles. The number of phenols is 1. The summed E-state index contributed by atoms with van der Waals surface area (Å²) in [5.74, 6) is 1.45. The molecule has 0 aliphatic heterocycles. The summed E-state index contributed by atoms with van der Waals surface area (Å²) >= 11 is 1.89. The van der Waals surface area contributed by atoms with Gasteiger partial charge in [0.2, 0.25) is 0 Å². The van der Waals surface area contributed by atoms with Crippen LogP contribution in [0.4, 0.5) is 5.69 Å².